The zero-order valence-corrected chi connectivity index (χ0v) is 16.6. The van der Waals surface area contributed by atoms with Gasteiger partial charge in [0.05, 0.1) is 31.4 Å². The van der Waals surface area contributed by atoms with E-state index in [0.29, 0.717) is 47.0 Å². The second-order valence-electron chi connectivity index (χ2n) is 7.08. The molecule has 7 nitrogen and oxygen atoms in total. The molecule has 7 heteroatoms. The van der Waals surface area contributed by atoms with Crippen molar-refractivity contribution in [2.45, 2.75) is 18.9 Å². The molecular formula is C23H21NO6. The van der Waals surface area contributed by atoms with Crippen LogP contribution in [0, 0.1) is 0 Å². The summed E-state index contributed by atoms with van der Waals surface area (Å²) in [4.78, 5) is 24.2. The van der Waals surface area contributed by atoms with Crippen LogP contribution >= 0.6 is 0 Å². The van der Waals surface area contributed by atoms with Gasteiger partial charge in [0.25, 0.3) is 0 Å². The average molecular weight is 407 g/mol. The Hall–Kier alpha value is -3.74. The molecule has 2 heterocycles. The van der Waals surface area contributed by atoms with Crippen molar-refractivity contribution in [3.05, 3.63) is 59.8 Å². The zero-order chi connectivity index (χ0) is 21.4. The Kier molecular flexibility index (Phi) is 4.95. The van der Waals surface area contributed by atoms with Gasteiger partial charge in [0.15, 0.2) is 0 Å². The predicted molar refractivity (Wildman–Crippen MR) is 110 cm³/mol. The van der Waals surface area contributed by atoms with Crippen molar-refractivity contribution >= 4 is 11.9 Å². The number of ether oxygens (including phenoxy) is 2. The van der Waals surface area contributed by atoms with Crippen molar-refractivity contribution in [3.63, 3.8) is 0 Å². The SMILES string of the molecule is COc1ccc(-c2c(C(=O)O)c3n(c2-c2ccc(OC)cc2)CCC3C(=O)O)cc1. The van der Waals surface area contributed by atoms with Gasteiger partial charge in [-0.05, 0) is 53.9 Å². The Morgan fingerprint density at radius 2 is 1.43 bits per heavy atom. The lowest BCUT2D eigenvalue weighted by molar-refractivity contribution is -0.138. The van der Waals surface area contributed by atoms with Gasteiger partial charge in [0.2, 0.25) is 0 Å². The lowest BCUT2D eigenvalue weighted by Gasteiger charge is -2.12. The number of methoxy groups -OCH3 is 2. The third kappa shape index (κ3) is 3.08. The molecule has 154 valence electrons. The first-order valence-electron chi connectivity index (χ1n) is 9.47. The van der Waals surface area contributed by atoms with Crippen molar-refractivity contribution in [2.75, 3.05) is 14.2 Å². The monoisotopic (exact) mass is 407 g/mol. The smallest absolute Gasteiger partial charge is 0.338 e. The molecule has 0 saturated carbocycles. The van der Waals surface area contributed by atoms with Crippen LogP contribution in [0.15, 0.2) is 48.5 Å². The summed E-state index contributed by atoms with van der Waals surface area (Å²) in [5.74, 6) is -1.69. The minimum atomic E-state index is -1.14. The summed E-state index contributed by atoms with van der Waals surface area (Å²) in [6.45, 7) is 0.435. The summed E-state index contributed by atoms with van der Waals surface area (Å²) in [6.07, 6.45) is 0.358. The predicted octanol–water partition coefficient (Wildman–Crippen LogP) is 4.11. The number of fused-ring (bicyclic) bond motifs is 1. The second kappa shape index (κ2) is 7.59. The van der Waals surface area contributed by atoms with E-state index in [4.69, 9.17) is 9.47 Å². The lowest BCUT2D eigenvalue weighted by Crippen LogP contribution is -2.12. The minimum Gasteiger partial charge on any atom is -0.497 e. The van der Waals surface area contributed by atoms with Gasteiger partial charge in [0.1, 0.15) is 11.5 Å². The molecule has 0 amide bonds. The molecule has 0 spiro atoms. The van der Waals surface area contributed by atoms with E-state index in [9.17, 15) is 19.8 Å². The molecule has 2 aromatic carbocycles. The molecule has 3 aromatic rings. The number of rotatable bonds is 6. The number of aliphatic carboxylic acids is 1. The Morgan fingerprint density at radius 1 is 0.900 bits per heavy atom. The van der Waals surface area contributed by atoms with Crippen molar-refractivity contribution in [1.29, 1.82) is 0 Å². The summed E-state index contributed by atoms with van der Waals surface area (Å²) in [6, 6.07) is 14.4. The topological polar surface area (TPSA) is 98.0 Å². The van der Waals surface area contributed by atoms with Crippen molar-refractivity contribution in [1.82, 2.24) is 4.57 Å². The van der Waals surface area contributed by atoms with Gasteiger partial charge < -0.3 is 24.3 Å². The highest BCUT2D eigenvalue weighted by molar-refractivity contribution is 6.04. The standard InChI is InChI=1S/C23H21NO6/c1-29-15-7-3-13(4-8-15)18-19(23(27)28)21-17(22(25)26)11-12-24(21)20(18)14-5-9-16(30-2)10-6-14/h3-10,17H,11-12H2,1-2H3,(H,25,26)(H,27,28). The summed E-state index contributed by atoms with van der Waals surface area (Å²) in [5.41, 5.74) is 3.06. The molecule has 0 saturated heterocycles. The van der Waals surface area contributed by atoms with Crippen molar-refractivity contribution in [3.8, 4) is 33.9 Å². The number of hydrogen-bond donors (Lipinski definition) is 2. The number of hydrogen-bond acceptors (Lipinski definition) is 4. The van der Waals surface area contributed by atoms with Crippen LogP contribution in [0.1, 0.15) is 28.4 Å². The molecule has 0 fully saturated rings. The van der Waals surface area contributed by atoms with Crippen molar-refractivity contribution in [2.24, 2.45) is 0 Å². The van der Waals surface area contributed by atoms with Crippen LogP contribution < -0.4 is 9.47 Å². The normalized spacial score (nSPS) is 14.9. The Morgan fingerprint density at radius 3 is 1.90 bits per heavy atom. The van der Waals surface area contributed by atoms with Crippen LogP contribution in [0.3, 0.4) is 0 Å². The molecule has 2 N–H and O–H groups in total. The van der Waals surface area contributed by atoms with Crippen LogP contribution in [0.2, 0.25) is 0 Å². The summed E-state index contributed by atoms with van der Waals surface area (Å²) in [7, 11) is 3.14. The zero-order valence-electron chi connectivity index (χ0n) is 16.6. The summed E-state index contributed by atoms with van der Waals surface area (Å²) >= 11 is 0. The fourth-order valence-electron chi connectivity index (χ4n) is 4.17. The van der Waals surface area contributed by atoms with E-state index in [0.717, 1.165) is 5.56 Å². The lowest BCUT2D eigenvalue weighted by atomic mass is 9.93. The van der Waals surface area contributed by atoms with Gasteiger partial charge in [-0.25, -0.2) is 4.79 Å². The first-order valence-corrected chi connectivity index (χ1v) is 9.47. The first-order chi connectivity index (χ1) is 14.5. The second-order valence-corrected chi connectivity index (χ2v) is 7.08. The van der Waals surface area contributed by atoms with Crippen LogP contribution in [0.4, 0.5) is 0 Å². The molecular weight excluding hydrogens is 386 g/mol. The maximum Gasteiger partial charge on any atom is 0.338 e. The maximum absolute atomic E-state index is 12.3. The Bertz CT molecular complexity index is 1110. The molecule has 0 radical (unpaired) electrons. The molecule has 0 bridgehead atoms. The van der Waals surface area contributed by atoms with Crippen molar-refractivity contribution < 1.29 is 29.3 Å². The quantitative estimate of drug-likeness (QED) is 0.638. The van der Waals surface area contributed by atoms with E-state index >= 15 is 0 Å². The van der Waals surface area contributed by atoms with Gasteiger partial charge >= 0.3 is 11.9 Å². The first kappa shape index (κ1) is 19.6. The number of carboxylic acids is 2. The van der Waals surface area contributed by atoms with Gasteiger partial charge in [0, 0.05) is 17.8 Å². The van der Waals surface area contributed by atoms with Gasteiger partial charge in [-0.1, -0.05) is 12.1 Å². The van der Waals surface area contributed by atoms with E-state index in [2.05, 4.69) is 0 Å². The molecule has 1 aromatic heterocycles. The highest BCUT2D eigenvalue weighted by Crippen LogP contribution is 2.46. The Labute approximate surface area is 173 Å². The number of carboxylic acid groups (broad SMARTS) is 2. The largest absolute Gasteiger partial charge is 0.497 e. The van der Waals surface area contributed by atoms with E-state index < -0.39 is 17.9 Å². The number of aromatic nitrogens is 1. The van der Waals surface area contributed by atoms with Crippen LogP contribution in [0.5, 0.6) is 11.5 Å². The molecule has 0 aliphatic carbocycles. The third-order valence-corrected chi connectivity index (χ3v) is 5.53. The Balaban J connectivity index is 2.03. The molecule has 1 aliphatic heterocycles. The maximum atomic E-state index is 12.3. The fraction of sp³-hybridized carbons (Fsp3) is 0.217. The number of aromatic carboxylic acids is 1. The molecule has 4 rings (SSSR count). The summed E-state index contributed by atoms with van der Waals surface area (Å²) in [5, 5.41) is 19.8. The number of benzene rings is 2. The average Bonchev–Trinajstić information content (AvgIpc) is 3.31. The van der Waals surface area contributed by atoms with E-state index in [1.807, 2.05) is 16.7 Å². The number of nitrogens with zero attached hydrogens (tertiary/aromatic N) is 1. The van der Waals surface area contributed by atoms with Crippen LogP contribution in [-0.4, -0.2) is 40.9 Å². The molecule has 1 aliphatic rings. The van der Waals surface area contributed by atoms with Gasteiger partial charge in [-0.15, -0.1) is 0 Å². The van der Waals surface area contributed by atoms with Gasteiger partial charge in [-0.2, -0.15) is 0 Å². The molecule has 1 unspecified atom stereocenters. The third-order valence-electron chi connectivity index (χ3n) is 5.53. The fourth-order valence-corrected chi connectivity index (χ4v) is 4.17. The molecule has 30 heavy (non-hydrogen) atoms. The highest BCUT2D eigenvalue weighted by Gasteiger charge is 2.39. The highest BCUT2D eigenvalue weighted by atomic mass is 16.5. The van der Waals surface area contributed by atoms with Crippen LogP contribution in [0.25, 0.3) is 22.4 Å². The van der Waals surface area contributed by atoms with E-state index in [-0.39, 0.29) is 5.56 Å². The number of carbonyl (C=O) groups is 2. The van der Waals surface area contributed by atoms with E-state index in [1.165, 1.54) is 0 Å². The van der Waals surface area contributed by atoms with E-state index in [1.54, 1.807) is 50.6 Å². The molecule has 1 atom stereocenters. The van der Waals surface area contributed by atoms with Crippen LogP contribution in [-0.2, 0) is 11.3 Å². The minimum absolute atomic E-state index is 0.0379. The summed E-state index contributed by atoms with van der Waals surface area (Å²) < 4.78 is 12.3. The van der Waals surface area contributed by atoms with Gasteiger partial charge in [-0.3, -0.25) is 4.79 Å².